The molecule has 17 heavy (non-hydrogen) atoms. The van der Waals surface area contributed by atoms with Gasteiger partial charge in [0.25, 0.3) is 0 Å². The van der Waals surface area contributed by atoms with Crippen molar-refractivity contribution < 1.29 is 9.32 Å². The molecule has 1 N–H and O–H groups in total. The molecule has 0 fully saturated rings. The van der Waals surface area contributed by atoms with Gasteiger partial charge in [0.15, 0.2) is 0 Å². The van der Waals surface area contributed by atoms with Gasteiger partial charge in [-0.3, -0.25) is 4.21 Å². The average Bonchev–Trinajstić information content (AvgIpc) is 2.39. The van der Waals surface area contributed by atoms with Crippen molar-refractivity contribution in [1.29, 1.82) is 0 Å². The molecule has 92 valence electrons. The number of hydrogen-bond acceptors (Lipinski definition) is 2. The first-order chi connectivity index (χ1) is 8.13. The molecule has 0 heterocycles. The van der Waals surface area contributed by atoms with Gasteiger partial charge in [-0.1, -0.05) is 30.4 Å². The van der Waals surface area contributed by atoms with E-state index in [0.29, 0.717) is 11.3 Å². The Hall–Kier alpha value is -0.640. The van der Waals surface area contributed by atoms with Crippen LogP contribution < -0.4 is 0 Å². The van der Waals surface area contributed by atoms with Crippen LogP contribution in [0, 0.1) is 0 Å². The van der Waals surface area contributed by atoms with Gasteiger partial charge in [-0.15, -0.1) is 11.6 Å². The molecule has 0 spiro atoms. The number of aliphatic hydroxyl groups is 1. The zero-order chi connectivity index (χ0) is 12.3. The van der Waals surface area contributed by atoms with E-state index in [2.05, 4.69) is 0 Å². The molecule has 0 aliphatic heterocycles. The molecule has 1 aliphatic rings. The van der Waals surface area contributed by atoms with E-state index in [1.54, 1.807) is 18.2 Å². The molecule has 0 radical (unpaired) electrons. The van der Waals surface area contributed by atoms with Gasteiger partial charge in [0.1, 0.15) is 10.3 Å². The minimum atomic E-state index is -1.40. The predicted molar refractivity (Wildman–Crippen MR) is 70.4 cm³/mol. The molecule has 1 aromatic carbocycles. The van der Waals surface area contributed by atoms with E-state index >= 15 is 0 Å². The fraction of sp³-hybridized carbons (Fsp3) is 0.385. The summed E-state index contributed by atoms with van der Waals surface area (Å²) in [6.07, 6.45) is 5.98. The smallest absolute Gasteiger partial charge is 0.145 e. The first-order valence-corrected chi connectivity index (χ1v) is 7.28. The summed E-state index contributed by atoms with van der Waals surface area (Å²) in [5.74, 6) is 0. The van der Waals surface area contributed by atoms with E-state index < -0.39 is 21.1 Å². The van der Waals surface area contributed by atoms with Crippen molar-refractivity contribution in [2.75, 3.05) is 0 Å². The lowest BCUT2D eigenvalue weighted by molar-refractivity contribution is 0.0892. The molecule has 1 aromatic rings. The second kappa shape index (κ2) is 5.34. The summed E-state index contributed by atoms with van der Waals surface area (Å²) < 4.78 is 11.4. The summed E-state index contributed by atoms with van der Waals surface area (Å²) in [4.78, 5) is 0.653. The first kappa shape index (κ1) is 12.8. The number of halogens is 1. The Labute approximate surface area is 109 Å². The first-order valence-electron chi connectivity index (χ1n) is 5.63. The monoisotopic (exact) mass is 270 g/mol. The highest BCUT2D eigenvalue weighted by Gasteiger charge is 2.38. The summed E-state index contributed by atoms with van der Waals surface area (Å²) >= 11 is 6.18. The van der Waals surface area contributed by atoms with Crippen LogP contribution in [0.3, 0.4) is 0 Å². The SMILES string of the molecule is O=S(c1ccccc1)C(Cl)C1(O)C=CCCC1. The molecule has 2 nitrogen and oxygen atoms in total. The van der Waals surface area contributed by atoms with E-state index in [4.69, 9.17) is 11.6 Å². The zero-order valence-electron chi connectivity index (χ0n) is 9.38. The largest absolute Gasteiger partial charge is 0.383 e. The standard InChI is InChI=1S/C13H15ClO2S/c14-12(13(15)9-5-2-6-10-13)17(16)11-7-3-1-4-8-11/h1,3-5,7-9,12,15H,2,6,10H2. The highest BCUT2D eigenvalue weighted by Crippen LogP contribution is 2.32. The van der Waals surface area contributed by atoms with E-state index in [0.717, 1.165) is 12.8 Å². The average molecular weight is 271 g/mol. The zero-order valence-corrected chi connectivity index (χ0v) is 11.0. The lowest BCUT2D eigenvalue weighted by atomic mass is 9.93. The predicted octanol–water partition coefficient (Wildman–Crippen LogP) is 2.83. The Balaban J connectivity index is 2.20. The Morgan fingerprint density at radius 2 is 2.06 bits per heavy atom. The Morgan fingerprint density at radius 3 is 2.65 bits per heavy atom. The van der Waals surface area contributed by atoms with Crippen molar-refractivity contribution in [3.05, 3.63) is 42.5 Å². The number of benzene rings is 1. The van der Waals surface area contributed by atoms with Gasteiger partial charge in [-0.25, -0.2) is 0 Å². The summed E-state index contributed by atoms with van der Waals surface area (Å²) in [6.45, 7) is 0. The van der Waals surface area contributed by atoms with Crippen molar-refractivity contribution in [2.45, 2.75) is 34.5 Å². The van der Waals surface area contributed by atoms with E-state index in [1.165, 1.54) is 0 Å². The molecule has 4 heteroatoms. The maximum atomic E-state index is 12.2. The minimum Gasteiger partial charge on any atom is -0.383 e. The van der Waals surface area contributed by atoms with Crippen molar-refractivity contribution >= 4 is 22.4 Å². The normalized spacial score (nSPS) is 27.6. The molecule has 3 atom stereocenters. The molecule has 2 rings (SSSR count). The summed E-state index contributed by atoms with van der Waals surface area (Å²) in [6, 6.07) is 9.02. The third kappa shape index (κ3) is 2.79. The minimum absolute atomic E-state index is 0.566. The van der Waals surface area contributed by atoms with E-state index in [1.807, 2.05) is 24.3 Å². The molecule has 1 aliphatic carbocycles. The number of allylic oxidation sites excluding steroid dienone is 1. The fourth-order valence-electron chi connectivity index (χ4n) is 1.92. The van der Waals surface area contributed by atoms with Gasteiger partial charge >= 0.3 is 0 Å². The Morgan fingerprint density at radius 1 is 1.35 bits per heavy atom. The van der Waals surface area contributed by atoms with Crippen LogP contribution in [0.25, 0.3) is 0 Å². The highest BCUT2D eigenvalue weighted by molar-refractivity contribution is 7.87. The van der Waals surface area contributed by atoms with Crippen molar-refractivity contribution in [1.82, 2.24) is 0 Å². The highest BCUT2D eigenvalue weighted by atomic mass is 35.5. The third-order valence-corrected chi connectivity index (χ3v) is 5.30. The maximum Gasteiger partial charge on any atom is 0.145 e. The maximum absolute atomic E-state index is 12.2. The number of alkyl halides is 1. The number of rotatable bonds is 3. The van der Waals surface area contributed by atoms with Gasteiger partial charge < -0.3 is 5.11 Å². The molecule has 0 amide bonds. The Bertz CT molecular complexity index is 432. The van der Waals surface area contributed by atoms with Crippen molar-refractivity contribution in [3.8, 4) is 0 Å². The van der Waals surface area contributed by atoms with Gasteiger partial charge in [-0.05, 0) is 31.4 Å². The van der Waals surface area contributed by atoms with Gasteiger partial charge in [0.05, 0.1) is 10.8 Å². The summed E-state index contributed by atoms with van der Waals surface area (Å²) in [5.41, 5.74) is -1.15. The number of hydrogen-bond donors (Lipinski definition) is 1. The van der Waals surface area contributed by atoms with Crippen LogP contribution in [-0.2, 0) is 10.8 Å². The second-order valence-electron chi connectivity index (χ2n) is 4.21. The molecular formula is C13H15ClO2S. The van der Waals surface area contributed by atoms with Crippen LogP contribution in [0.5, 0.6) is 0 Å². The molecular weight excluding hydrogens is 256 g/mol. The van der Waals surface area contributed by atoms with E-state index in [-0.39, 0.29) is 0 Å². The second-order valence-corrected chi connectivity index (χ2v) is 6.45. The molecule has 0 saturated carbocycles. The quantitative estimate of drug-likeness (QED) is 0.677. The van der Waals surface area contributed by atoms with Crippen LogP contribution in [0.1, 0.15) is 19.3 Å². The van der Waals surface area contributed by atoms with Gasteiger partial charge in [0.2, 0.25) is 0 Å². The van der Waals surface area contributed by atoms with Crippen LogP contribution in [0.4, 0.5) is 0 Å². The van der Waals surface area contributed by atoms with E-state index in [9.17, 15) is 9.32 Å². The summed E-state index contributed by atoms with van der Waals surface area (Å²) in [7, 11) is -1.40. The lowest BCUT2D eigenvalue weighted by Crippen LogP contribution is -2.40. The van der Waals surface area contributed by atoms with Gasteiger partial charge in [0, 0.05) is 4.90 Å². The topological polar surface area (TPSA) is 37.3 Å². The lowest BCUT2D eigenvalue weighted by Gasteiger charge is -2.31. The van der Waals surface area contributed by atoms with Crippen molar-refractivity contribution in [3.63, 3.8) is 0 Å². The van der Waals surface area contributed by atoms with Gasteiger partial charge in [-0.2, -0.15) is 0 Å². The Kier molecular flexibility index (Phi) is 4.02. The summed E-state index contributed by atoms with van der Waals surface area (Å²) in [5, 5.41) is 10.4. The molecule has 0 aromatic heterocycles. The van der Waals surface area contributed by atoms with Crippen LogP contribution in [0.15, 0.2) is 47.4 Å². The molecule has 3 unspecified atom stereocenters. The fourth-order valence-corrected chi connectivity index (χ4v) is 3.64. The van der Waals surface area contributed by atoms with Crippen molar-refractivity contribution in [2.24, 2.45) is 0 Å². The third-order valence-electron chi connectivity index (χ3n) is 2.91. The molecule has 0 bridgehead atoms. The van der Waals surface area contributed by atoms with Crippen LogP contribution in [0.2, 0.25) is 0 Å². The molecule has 0 saturated heterocycles. The van der Waals surface area contributed by atoms with Crippen LogP contribution in [-0.4, -0.2) is 19.6 Å². The van der Waals surface area contributed by atoms with Crippen LogP contribution >= 0.6 is 11.6 Å².